The van der Waals surface area contributed by atoms with Gasteiger partial charge in [-0.2, -0.15) is 0 Å². The first-order valence-corrected chi connectivity index (χ1v) is 8.99. The van der Waals surface area contributed by atoms with Crippen LogP contribution < -0.4 is 5.46 Å². The number of esters is 1. The van der Waals surface area contributed by atoms with Crippen molar-refractivity contribution in [2.45, 2.75) is 37.9 Å². The summed E-state index contributed by atoms with van der Waals surface area (Å²) in [6, 6.07) is 9.48. The Morgan fingerprint density at radius 2 is 1.96 bits per heavy atom. The van der Waals surface area contributed by atoms with E-state index in [-0.39, 0.29) is 24.1 Å². The van der Waals surface area contributed by atoms with Crippen molar-refractivity contribution in [3.8, 4) is 0 Å². The molecule has 2 bridgehead atoms. The Bertz CT molecular complexity index is 858. The number of hydrogen-bond donors (Lipinski definition) is 0. The van der Waals surface area contributed by atoms with E-state index in [2.05, 4.69) is 0 Å². The van der Waals surface area contributed by atoms with Gasteiger partial charge in [-0.1, -0.05) is 30.3 Å². The van der Waals surface area contributed by atoms with Gasteiger partial charge in [0.1, 0.15) is 0 Å². The molecule has 0 amide bonds. The largest absolute Gasteiger partial charge is 0.494 e. The summed E-state index contributed by atoms with van der Waals surface area (Å²) < 4.78 is 17.5. The summed E-state index contributed by atoms with van der Waals surface area (Å²) in [5.41, 5.74) is 1.01. The van der Waals surface area contributed by atoms with Crippen LogP contribution in [0.3, 0.4) is 0 Å². The van der Waals surface area contributed by atoms with E-state index in [0.29, 0.717) is 30.4 Å². The number of benzene rings is 1. The van der Waals surface area contributed by atoms with Crippen LogP contribution in [0, 0.1) is 0 Å². The topological polar surface area (TPSA) is 78.9 Å². The lowest BCUT2D eigenvalue weighted by molar-refractivity contribution is -0.143. The summed E-state index contributed by atoms with van der Waals surface area (Å²) in [5.74, 6) is -0.731. The third-order valence-corrected chi connectivity index (χ3v) is 5.23. The zero-order valence-corrected chi connectivity index (χ0v) is 15.0. The minimum Gasteiger partial charge on any atom is -0.466 e. The van der Waals surface area contributed by atoms with Crippen LogP contribution in [-0.2, 0) is 28.4 Å². The highest BCUT2D eigenvalue weighted by molar-refractivity contribution is 6.61. The highest BCUT2D eigenvalue weighted by atomic mass is 16.6. The van der Waals surface area contributed by atoms with E-state index < -0.39 is 18.8 Å². The lowest BCUT2D eigenvalue weighted by atomic mass is 9.66. The van der Waals surface area contributed by atoms with Gasteiger partial charge in [-0.15, -0.1) is 0 Å². The number of carbonyl (C=O) groups is 3. The van der Waals surface area contributed by atoms with Crippen molar-refractivity contribution in [2.75, 3.05) is 6.61 Å². The smallest absolute Gasteiger partial charge is 0.466 e. The molecular formula is C20H19BO6. The van der Waals surface area contributed by atoms with Crippen molar-refractivity contribution in [1.29, 1.82) is 0 Å². The summed E-state index contributed by atoms with van der Waals surface area (Å²) in [6.07, 6.45) is 3.27. The van der Waals surface area contributed by atoms with E-state index in [1.165, 1.54) is 19.1 Å². The molecule has 0 radical (unpaired) electrons. The monoisotopic (exact) mass is 366 g/mol. The SMILES string of the molecule is CC(=O)OCC[C@]12CC3=C(C(=O)C=CC3=O)[C@H](C1)OB(c1ccccc1)O2. The lowest BCUT2D eigenvalue weighted by Gasteiger charge is -2.48. The van der Waals surface area contributed by atoms with Crippen LogP contribution in [0.1, 0.15) is 26.2 Å². The van der Waals surface area contributed by atoms with Gasteiger partial charge in [0.25, 0.3) is 0 Å². The fourth-order valence-corrected chi connectivity index (χ4v) is 3.99. The van der Waals surface area contributed by atoms with Gasteiger partial charge >= 0.3 is 13.1 Å². The van der Waals surface area contributed by atoms with Crippen LogP contribution in [0.2, 0.25) is 0 Å². The Kier molecular flexibility index (Phi) is 4.57. The van der Waals surface area contributed by atoms with Gasteiger partial charge in [-0.05, 0) is 17.6 Å². The molecule has 1 aromatic rings. The van der Waals surface area contributed by atoms with Gasteiger partial charge < -0.3 is 14.0 Å². The second-order valence-corrected chi connectivity index (χ2v) is 7.09. The molecule has 1 fully saturated rings. The van der Waals surface area contributed by atoms with E-state index in [1.807, 2.05) is 30.3 Å². The van der Waals surface area contributed by atoms with E-state index in [9.17, 15) is 14.4 Å². The highest BCUT2D eigenvalue weighted by Gasteiger charge is 2.52. The first-order chi connectivity index (χ1) is 13.0. The van der Waals surface area contributed by atoms with Crippen LogP contribution in [0.4, 0.5) is 0 Å². The minimum absolute atomic E-state index is 0.183. The van der Waals surface area contributed by atoms with Crippen molar-refractivity contribution in [1.82, 2.24) is 0 Å². The zero-order chi connectivity index (χ0) is 19.0. The van der Waals surface area contributed by atoms with Crippen molar-refractivity contribution in [3.05, 3.63) is 53.6 Å². The molecule has 1 saturated heterocycles. The predicted molar refractivity (Wildman–Crippen MR) is 97.2 cm³/mol. The third kappa shape index (κ3) is 3.40. The number of allylic oxidation sites excluding steroid dienone is 2. The molecule has 1 aliphatic heterocycles. The summed E-state index contributed by atoms with van der Waals surface area (Å²) in [5, 5.41) is 0. The second kappa shape index (κ2) is 6.90. The fourth-order valence-electron chi connectivity index (χ4n) is 3.99. The maximum Gasteiger partial charge on any atom is 0.494 e. The Labute approximate surface area is 157 Å². The van der Waals surface area contributed by atoms with Crippen molar-refractivity contribution in [3.63, 3.8) is 0 Å². The fraction of sp³-hybridized carbons (Fsp3) is 0.350. The molecule has 1 aromatic carbocycles. The molecular weight excluding hydrogens is 347 g/mol. The highest BCUT2D eigenvalue weighted by Crippen LogP contribution is 2.44. The van der Waals surface area contributed by atoms with Crippen molar-refractivity contribution in [2.24, 2.45) is 0 Å². The molecule has 2 aliphatic carbocycles. The number of ketones is 2. The molecule has 3 aliphatic rings. The summed E-state index contributed by atoms with van der Waals surface area (Å²) in [7, 11) is -0.648. The number of rotatable bonds is 4. The second-order valence-electron chi connectivity index (χ2n) is 7.09. The normalized spacial score (nSPS) is 26.9. The maximum absolute atomic E-state index is 12.4. The van der Waals surface area contributed by atoms with E-state index >= 15 is 0 Å². The summed E-state index contributed by atoms with van der Waals surface area (Å²) in [4.78, 5) is 36.0. The van der Waals surface area contributed by atoms with Crippen molar-refractivity contribution >= 4 is 30.1 Å². The number of carbonyl (C=O) groups excluding carboxylic acids is 3. The molecule has 2 atom stereocenters. The predicted octanol–water partition coefficient (Wildman–Crippen LogP) is 1.29. The zero-order valence-electron chi connectivity index (χ0n) is 15.0. The summed E-state index contributed by atoms with van der Waals surface area (Å²) >= 11 is 0. The first kappa shape index (κ1) is 17.9. The number of hydrogen-bond acceptors (Lipinski definition) is 6. The maximum atomic E-state index is 12.4. The van der Waals surface area contributed by atoms with Crippen LogP contribution in [0.15, 0.2) is 53.6 Å². The molecule has 0 N–H and O–H groups in total. The minimum atomic E-state index is -0.723. The van der Waals surface area contributed by atoms with Crippen molar-refractivity contribution < 1.29 is 28.4 Å². The Balaban J connectivity index is 1.69. The molecule has 0 unspecified atom stereocenters. The van der Waals surface area contributed by atoms with Gasteiger partial charge in [0, 0.05) is 37.3 Å². The third-order valence-electron chi connectivity index (χ3n) is 5.23. The van der Waals surface area contributed by atoms with Crippen LogP contribution in [-0.4, -0.2) is 43.0 Å². The van der Waals surface area contributed by atoms with E-state index in [1.54, 1.807) is 0 Å². The summed E-state index contributed by atoms with van der Waals surface area (Å²) in [6.45, 7) is 1.54. The average Bonchev–Trinajstić information content (AvgIpc) is 2.64. The Morgan fingerprint density at radius 3 is 2.70 bits per heavy atom. The molecule has 0 aromatic heterocycles. The average molecular weight is 366 g/mol. The van der Waals surface area contributed by atoms with E-state index in [4.69, 9.17) is 14.0 Å². The molecule has 0 saturated carbocycles. The molecule has 27 heavy (non-hydrogen) atoms. The van der Waals surface area contributed by atoms with Gasteiger partial charge in [-0.3, -0.25) is 14.4 Å². The molecule has 6 nitrogen and oxygen atoms in total. The van der Waals surface area contributed by atoms with Crippen LogP contribution in [0.25, 0.3) is 0 Å². The number of fused-ring (bicyclic) bond motifs is 3. The van der Waals surface area contributed by atoms with Crippen LogP contribution >= 0.6 is 0 Å². The first-order valence-electron chi connectivity index (χ1n) is 8.99. The molecule has 7 heteroatoms. The molecule has 0 spiro atoms. The Morgan fingerprint density at radius 1 is 1.22 bits per heavy atom. The molecule has 138 valence electrons. The quantitative estimate of drug-likeness (QED) is 0.454. The number of ether oxygens (including phenoxy) is 1. The van der Waals surface area contributed by atoms with Gasteiger partial charge in [0.05, 0.1) is 18.3 Å². The standard InChI is InChI=1S/C20H19BO6/c1-13(22)25-10-9-20-11-15-16(23)7-8-17(24)19(15)18(12-20)26-21(27-20)14-5-3-2-4-6-14/h2-8,18H,9-12H2,1H3/t18-,20-/m0/s1. The molecule has 4 rings (SSSR count). The lowest BCUT2D eigenvalue weighted by Crippen LogP contribution is -2.59. The van der Waals surface area contributed by atoms with E-state index in [0.717, 1.165) is 5.46 Å². The van der Waals surface area contributed by atoms with Gasteiger partial charge in [0.15, 0.2) is 11.6 Å². The van der Waals surface area contributed by atoms with Gasteiger partial charge in [-0.25, -0.2) is 0 Å². The Hall–Kier alpha value is -2.51. The molecule has 1 heterocycles. The van der Waals surface area contributed by atoms with Crippen LogP contribution in [0.5, 0.6) is 0 Å². The van der Waals surface area contributed by atoms with Gasteiger partial charge in [0.2, 0.25) is 0 Å².